The first-order valence-electron chi connectivity index (χ1n) is 6.21. The van der Waals surface area contributed by atoms with E-state index in [4.69, 9.17) is 5.73 Å². The number of nitrogen functional groups attached to an aromatic ring is 1. The van der Waals surface area contributed by atoms with Crippen molar-refractivity contribution in [1.82, 2.24) is 4.98 Å². The van der Waals surface area contributed by atoms with Gasteiger partial charge >= 0.3 is 0 Å². The van der Waals surface area contributed by atoms with Gasteiger partial charge in [-0.3, -0.25) is 4.98 Å². The molecule has 0 aliphatic heterocycles. The molecule has 0 saturated heterocycles. The lowest BCUT2D eigenvalue weighted by Gasteiger charge is -2.10. The highest BCUT2D eigenvalue weighted by atomic mass is 14.9. The van der Waals surface area contributed by atoms with Gasteiger partial charge in [0.2, 0.25) is 0 Å². The standard InChI is InChI=1S/C16H15N3/c1-11-5-6-12-3-2-4-15(16(12)18-11)19-14-9-7-13(17)8-10-14/h2-10,19H,17H2,1H3. The Bertz CT molecular complexity index is 718. The summed E-state index contributed by atoms with van der Waals surface area (Å²) in [4.78, 5) is 4.60. The van der Waals surface area contributed by atoms with Crippen molar-refractivity contribution in [2.24, 2.45) is 0 Å². The zero-order chi connectivity index (χ0) is 13.2. The number of hydrogen-bond acceptors (Lipinski definition) is 3. The third kappa shape index (κ3) is 2.36. The van der Waals surface area contributed by atoms with Crippen molar-refractivity contribution in [3.63, 3.8) is 0 Å². The molecule has 3 aromatic rings. The molecule has 1 heterocycles. The van der Waals surface area contributed by atoms with E-state index in [1.165, 1.54) is 0 Å². The van der Waals surface area contributed by atoms with Gasteiger partial charge in [-0.2, -0.15) is 0 Å². The molecule has 1 aromatic heterocycles. The van der Waals surface area contributed by atoms with Crippen LogP contribution in [0.5, 0.6) is 0 Å². The average molecular weight is 249 g/mol. The Morgan fingerprint density at radius 1 is 0.947 bits per heavy atom. The Kier molecular flexibility index (Phi) is 2.80. The number of para-hydroxylation sites is 1. The number of hydrogen-bond donors (Lipinski definition) is 2. The Labute approximate surface area is 112 Å². The summed E-state index contributed by atoms with van der Waals surface area (Å²) >= 11 is 0. The van der Waals surface area contributed by atoms with Gasteiger partial charge in [0.1, 0.15) is 0 Å². The predicted octanol–water partition coefficient (Wildman–Crippen LogP) is 3.87. The van der Waals surface area contributed by atoms with E-state index in [1.807, 2.05) is 49.4 Å². The number of pyridine rings is 1. The fraction of sp³-hybridized carbons (Fsp3) is 0.0625. The minimum absolute atomic E-state index is 0.762. The van der Waals surface area contributed by atoms with Crippen LogP contribution in [0.4, 0.5) is 17.1 Å². The van der Waals surface area contributed by atoms with E-state index in [0.717, 1.165) is 33.7 Å². The Balaban J connectivity index is 2.05. The number of fused-ring (bicyclic) bond motifs is 1. The molecule has 94 valence electrons. The molecule has 0 unspecified atom stereocenters. The molecule has 0 spiro atoms. The first-order chi connectivity index (χ1) is 9.22. The normalized spacial score (nSPS) is 10.6. The predicted molar refractivity (Wildman–Crippen MR) is 80.6 cm³/mol. The lowest BCUT2D eigenvalue weighted by atomic mass is 10.1. The molecule has 0 radical (unpaired) electrons. The Morgan fingerprint density at radius 3 is 2.53 bits per heavy atom. The summed E-state index contributed by atoms with van der Waals surface area (Å²) in [5.74, 6) is 0. The SMILES string of the molecule is Cc1ccc2cccc(Nc3ccc(N)cc3)c2n1. The third-order valence-electron chi connectivity index (χ3n) is 3.05. The first-order valence-corrected chi connectivity index (χ1v) is 6.21. The monoisotopic (exact) mass is 249 g/mol. The number of anilines is 3. The largest absolute Gasteiger partial charge is 0.399 e. The molecule has 0 saturated carbocycles. The van der Waals surface area contributed by atoms with Crippen molar-refractivity contribution in [2.45, 2.75) is 6.92 Å². The number of aromatic nitrogens is 1. The maximum Gasteiger partial charge on any atom is 0.0939 e. The van der Waals surface area contributed by atoms with Crippen LogP contribution in [0, 0.1) is 6.92 Å². The third-order valence-corrected chi connectivity index (χ3v) is 3.05. The molecule has 0 amide bonds. The van der Waals surface area contributed by atoms with Gasteiger partial charge in [-0.05, 0) is 43.3 Å². The summed E-state index contributed by atoms with van der Waals surface area (Å²) in [5, 5.41) is 4.51. The lowest BCUT2D eigenvalue weighted by Crippen LogP contribution is -1.94. The Hall–Kier alpha value is -2.55. The smallest absolute Gasteiger partial charge is 0.0939 e. The molecule has 19 heavy (non-hydrogen) atoms. The number of nitrogens with zero attached hydrogens (tertiary/aromatic N) is 1. The zero-order valence-electron chi connectivity index (χ0n) is 10.7. The van der Waals surface area contributed by atoms with Gasteiger partial charge in [0.05, 0.1) is 11.2 Å². The number of nitrogens with one attached hydrogen (secondary N) is 1. The van der Waals surface area contributed by atoms with Gasteiger partial charge in [0, 0.05) is 22.5 Å². The van der Waals surface area contributed by atoms with E-state index < -0.39 is 0 Å². The summed E-state index contributed by atoms with van der Waals surface area (Å²) in [6.45, 7) is 2.00. The number of aryl methyl sites for hydroxylation is 1. The van der Waals surface area contributed by atoms with Gasteiger partial charge in [0.15, 0.2) is 0 Å². The number of nitrogens with two attached hydrogens (primary N) is 1. The van der Waals surface area contributed by atoms with Crippen LogP contribution < -0.4 is 11.1 Å². The van der Waals surface area contributed by atoms with E-state index in [0.29, 0.717) is 0 Å². The molecule has 3 N–H and O–H groups in total. The fourth-order valence-corrected chi connectivity index (χ4v) is 2.07. The van der Waals surface area contributed by atoms with Gasteiger partial charge < -0.3 is 11.1 Å². The van der Waals surface area contributed by atoms with Crippen LogP contribution in [0.1, 0.15) is 5.69 Å². The summed E-state index contributed by atoms with van der Waals surface area (Å²) in [6.07, 6.45) is 0. The molecule has 0 bridgehead atoms. The second kappa shape index (κ2) is 4.61. The quantitative estimate of drug-likeness (QED) is 0.678. The lowest BCUT2D eigenvalue weighted by molar-refractivity contribution is 1.25. The van der Waals surface area contributed by atoms with Gasteiger partial charge in [-0.15, -0.1) is 0 Å². The van der Waals surface area contributed by atoms with E-state index >= 15 is 0 Å². The molecule has 0 aliphatic rings. The summed E-state index contributed by atoms with van der Waals surface area (Å²) in [7, 11) is 0. The van der Waals surface area contributed by atoms with Crippen LogP contribution >= 0.6 is 0 Å². The van der Waals surface area contributed by atoms with Crippen LogP contribution in [-0.4, -0.2) is 4.98 Å². The highest BCUT2D eigenvalue weighted by Gasteiger charge is 2.03. The maximum absolute atomic E-state index is 5.69. The van der Waals surface area contributed by atoms with E-state index in [2.05, 4.69) is 22.4 Å². The molecule has 3 heteroatoms. The zero-order valence-corrected chi connectivity index (χ0v) is 10.7. The topological polar surface area (TPSA) is 50.9 Å². The van der Waals surface area contributed by atoms with Crippen molar-refractivity contribution in [1.29, 1.82) is 0 Å². The average Bonchev–Trinajstić information content (AvgIpc) is 2.42. The molecule has 0 atom stereocenters. The summed E-state index contributed by atoms with van der Waals surface area (Å²) in [5.41, 5.74) is 10.5. The number of rotatable bonds is 2. The van der Waals surface area contributed by atoms with Crippen LogP contribution in [0.15, 0.2) is 54.6 Å². The second-order valence-corrected chi connectivity index (χ2v) is 4.58. The van der Waals surface area contributed by atoms with Crippen molar-refractivity contribution in [3.05, 3.63) is 60.3 Å². The molecule has 3 rings (SSSR count). The van der Waals surface area contributed by atoms with Crippen molar-refractivity contribution in [3.8, 4) is 0 Å². The molecular weight excluding hydrogens is 234 g/mol. The molecule has 0 fully saturated rings. The van der Waals surface area contributed by atoms with Crippen molar-refractivity contribution in [2.75, 3.05) is 11.1 Å². The maximum atomic E-state index is 5.69. The van der Waals surface area contributed by atoms with E-state index in [1.54, 1.807) is 0 Å². The minimum Gasteiger partial charge on any atom is -0.399 e. The summed E-state index contributed by atoms with van der Waals surface area (Å²) in [6, 6.07) is 17.9. The first kappa shape index (κ1) is 11.5. The summed E-state index contributed by atoms with van der Waals surface area (Å²) < 4.78 is 0. The van der Waals surface area contributed by atoms with Gasteiger partial charge in [-0.1, -0.05) is 18.2 Å². The van der Waals surface area contributed by atoms with E-state index in [-0.39, 0.29) is 0 Å². The fourth-order valence-electron chi connectivity index (χ4n) is 2.07. The number of benzene rings is 2. The van der Waals surface area contributed by atoms with Crippen molar-refractivity contribution < 1.29 is 0 Å². The molecule has 2 aromatic carbocycles. The Morgan fingerprint density at radius 2 is 1.74 bits per heavy atom. The molecular formula is C16H15N3. The van der Waals surface area contributed by atoms with Gasteiger partial charge in [0.25, 0.3) is 0 Å². The highest BCUT2D eigenvalue weighted by Crippen LogP contribution is 2.25. The van der Waals surface area contributed by atoms with Gasteiger partial charge in [-0.25, -0.2) is 0 Å². The molecule has 0 aliphatic carbocycles. The van der Waals surface area contributed by atoms with Crippen LogP contribution in [0.25, 0.3) is 10.9 Å². The second-order valence-electron chi connectivity index (χ2n) is 4.58. The van der Waals surface area contributed by atoms with Crippen LogP contribution in [-0.2, 0) is 0 Å². The minimum atomic E-state index is 0.762. The van der Waals surface area contributed by atoms with E-state index in [9.17, 15) is 0 Å². The highest BCUT2D eigenvalue weighted by molar-refractivity contribution is 5.92. The van der Waals surface area contributed by atoms with Crippen LogP contribution in [0.2, 0.25) is 0 Å². The van der Waals surface area contributed by atoms with Crippen molar-refractivity contribution >= 4 is 28.0 Å². The van der Waals surface area contributed by atoms with Crippen LogP contribution in [0.3, 0.4) is 0 Å². The molecule has 3 nitrogen and oxygen atoms in total.